The Kier molecular flexibility index (Phi) is 7.39. The molecule has 0 bridgehead atoms. The van der Waals surface area contributed by atoms with Crippen LogP contribution in [0.3, 0.4) is 0 Å². The number of ether oxygens (including phenoxy) is 1. The molecule has 2 nitrogen and oxygen atoms in total. The van der Waals surface area contributed by atoms with Crippen molar-refractivity contribution in [2.45, 2.75) is 64.4 Å². The van der Waals surface area contributed by atoms with E-state index in [-0.39, 0.29) is 17.2 Å². The second-order valence-corrected chi connectivity index (χ2v) is 7.06. The molecule has 0 saturated carbocycles. The topological polar surface area (TPSA) is 33.1 Å². The molecule has 1 aromatic rings. The largest absolute Gasteiger partial charge is 0.484 e. The molecular formula is C21H26ClF2NO. The van der Waals surface area contributed by atoms with E-state index in [0.717, 1.165) is 12.8 Å². The lowest BCUT2D eigenvalue weighted by molar-refractivity contribution is -0.0185. The van der Waals surface area contributed by atoms with Gasteiger partial charge in [0.25, 0.3) is 0 Å². The smallest absolute Gasteiger partial charge is 0.143 e. The van der Waals surface area contributed by atoms with Gasteiger partial charge in [-0.1, -0.05) is 50.1 Å². The molecule has 1 atom stereocenters. The number of allylic oxidation sites excluding steroid dienone is 3. The minimum Gasteiger partial charge on any atom is -0.484 e. The standard InChI is InChI=1S/C21H26ClF2NO/c1-3-8-16(25)14-19(24)20(4-2)26-21(11-6-5-7-12-21)15-9-10-17(22)18(23)13-15/h5-6,9-10,13,25H,3-4,7-8,11-12,14H2,1-2H3/b20-19-,25-16?. The Morgan fingerprint density at radius 1 is 1.31 bits per heavy atom. The van der Waals surface area contributed by atoms with Crippen molar-refractivity contribution in [2.75, 3.05) is 0 Å². The SMILES string of the molecule is CCCC(=N)C/C(F)=C(\CC)OC1(c2ccc(Cl)c(F)c2)CC=CCC1. The predicted molar refractivity (Wildman–Crippen MR) is 103 cm³/mol. The molecule has 0 saturated heterocycles. The summed E-state index contributed by atoms with van der Waals surface area (Å²) in [6, 6.07) is 4.64. The minimum absolute atomic E-state index is 0.0298. The third kappa shape index (κ3) is 4.94. The Hall–Kier alpha value is -1.68. The van der Waals surface area contributed by atoms with E-state index in [1.54, 1.807) is 6.07 Å². The predicted octanol–water partition coefficient (Wildman–Crippen LogP) is 7.23. The highest BCUT2D eigenvalue weighted by Gasteiger charge is 2.36. The van der Waals surface area contributed by atoms with Gasteiger partial charge in [0.15, 0.2) is 0 Å². The summed E-state index contributed by atoms with van der Waals surface area (Å²) >= 11 is 5.81. The first kappa shape index (κ1) is 20.6. The first-order valence-electron chi connectivity index (χ1n) is 9.15. The molecule has 1 N–H and O–H groups in total. The molecule has 1 aliphatic rings. The van der Waals surface area contributed by atoms with Crippen molar-refractivity contribution in [2.24, 2.45) is 0 Å². The summed E-state index contributed by atoms with van der Waals surface area (Å²) in [5.41, 5.74) is 0.205. The summed E-state index contributed by atoms with van der Waals surface area (Å²) in [5.74, 6) is -0.667. The fourth-order valence-electron chi connectivity index (χ4n) is 3.23. The molecule has 0 spiro atoms. The number of nitrogens with one attached hydrogen (secondary N) is 1. The maximum Gasteiger partial charge on any atom is 0.143 e. The molecule has 0 aromatic heterocycles. The van der Waals surface area contributed by atoms with Crippen LogP contribution in [0.15, 0.2) is 41.9 Å². The van der Waals surface area contributed by atoms with Gasteiger partial charge in [-0.25, -0.2) is 8.78 Å². The quantitative estimate of drug-likeness (QED) is 0.287. The molecule has 0 radical (unpaired) electrons. The molecule has 142 valence electrons. The van der Waals surface area contributed by atoms with E-state index < -0.39 is 17.2 Å². The Morgan fingerprint density at radius 2 is 2.08 bits per heavy atom. The minimum atomic E-state index is -0.810. The van der Waals surface area contributed by atoms with Crippen LogP contribution in [0.1, 0.15) is 64.4 Å². The van der Waals surface area contributed by atoms with E-state index >= 15 is 0 Å². The van der Waals surface area contributed by atoms with Crippen LogP contribution in [0, 0.1) is 11.2 Å². The fourth-order valence-corrected chi connectivity index (χ4v) is 3.35. The van der Waals surface area contributed by atoms with Gasteiger partial charge in [-0.15, -0.1) is 0 Å². The average molecular weight is 382 g/mol. The summed E-state index contributed by atoms with van der Waals surface area (Å²) in [5, 5.41) is 7.92. The normalized spacial score (nSPS) is 20.7. The summed E-state index contributed by atoms with van der Waals surface area (Å²) in [6.45, 7) is 3.79. The summed E-state index contributed by atoms with van der Waals surface area (Å²) in [6.07, 6.45) is 7.72. The fraction of sp³-hybridized carbons (Fsp3) is 0.476. The molecule has 1 aromatic carbocycles. The second kappa shape index (κ2) is 9.31. The molecule has 0 aliphatic heterocycles. The average Bonchev–Trinajstić information content (AvgIpc) is 2.62. The zero-order valence-corrected chi connectivity index (χ0v) is 16.1. The zero-order chi connectivity index (χ0) is 19.2. The van der Waals surface area contributed by atoms with E-state index in [1.165, 1.54) is 12.1 Å². The molecule has 0 heterocycles. The first-order chi connectivity index (χ1) is 12.4. The van der Waals surface area contributed by atoms with Gasteiger partial charge in [-0.3, -0.25) is 0 Å². The third-order valence-electron chi connectivity index (χ3n) is 4.64. The van der Waals surface area contributed by atoms with Crippen LogP contribution in [0.2, 0.25) is 5.02 Å². The van der Waals surface area contributed by atoms with Crippen LogP contribution in [0.25, 0.3) is 0 Å². The number of rotatable bonds is 8. The van der Waals surface area contributed by atoms with Gasteiger partial charge in [0.1, 0.15) is 23.0 Å². The monoisotopic (exact) mass is 381 g/mol. The third-order valence-corrected chi connectivity index (χ3v) is 4.94. The van der Waals surface area contributed by atoms with Gasteiger partial charge in [0, 0.05) is 25.0 Å². The molecule has 1 aliphatic carbocycles. The van der Waals surface area contributed by atoms with E-state index in [0.29, 0.717) is 37.0 Å². The highest BCUT2D eigenvalue weighted by atomic mass is 35.5. The van der Waals surface area contributed by atoms with Gasteiger partial charge in [0.2, 0.25) is 0 Å². The van der Waals surface area contributed by atoms with Gasteiger partial charge in [0.05, 0.1) is 5.02 Å². The zero-order valence-electron chi connectivity index (χ0n) is 15.4. The summed E-state index contributed by atoms with van der Waals surface area (Å²) < 4.78 is 34.9. The van der Waals surface area contributed by atoms with Crippen LogP contribution in [-0.2, 0) is 10.3 Å². The molecular weight excluding hydrogens is 356 g/mol. The Labute approximate surface area is 159 Å². The lowest BCUT2D eigenvalue weighted by atomic mass is 9.82. The van der Waals surface area contributed by atoms with Crippen LogP contribution in [-0.4, -0.2) is 5.71 Å². The number of hydrogen-bond donors (Lipinski definition) is 1. The van der Waals surface area contributed by atoms with Gasteiger partial charge >= 0.3 is 0 Å². The Morgan fingerprint density at radius 3 is 2.65 bits per heavy atom. The van der Waals surface area contributed by atoms with Gasteiger partial charge in [-0.2, -0.15) is 0 Å². The van der Waals surface area contributed by atoms with Gasteiger partial charge in [-0.05, 0) is 37.0 Å². The molecule has 2 rings (SSSR count). The lowest BCUT2D eigenvalue weighted by Gasteiger charge is -2.37. The van der Waals surface area contributed by atoms with Crippen LogP contribution in [0.5, 0.6) is 0 Å². The van der Waals surface area contributed by atoms with Crippen molar-refractivity contribution in [3.05, 3.63) is 58.3 Å². The highest BCUT2D eigenvalue weighted by Crippen LogP contribution is 2.41. The van der Waals surface area contributed by atoms with Crippen LogP contribution >= 0.6 is 11.6 Å². The maximum absolute atomic E-state index is 14.7. The molecule has 1 unspecified atom stereocenters. The number of hydrogen-bond acceptors (Lipinski definition) is 2. The van der Waals surface area contributed by atoms with Crippen LogP contribution < -0.4 is 0 Å². The Bertz CT molecular complexity index is 714. The first-order valence-corrected chi connectivity index (χ1v) is 9.53. The van der Waals surface area contributed by atoms with Crippen molar-refractivity contribution in [3.8, 4) is 0 Å². The number of benzene rings is 1. The van der Waals surface area contributed by atoms with Gasteiger partial charge < -0.3 is 10.1 Å². The van der Waals surface area contributed by atoms with Crippen molar-refractivity contribution < 1.29 is 13.5 Å². The molecule has 0 fully saturated rings. The van der Waals surface area contributed by atoms with Crippen molar-refractivity contribution in [1.82, 2.24) is 0 Å². The van der Waals surface area contributed by atoms with E-state index in [9.17, 15) is 8.78 Å². The van der Waals surface area contributed by atoms with Crippen LogP contribution in [0.4, 0.5) is 8.78 Å². The second-order valence-electron chi connectivity index (χ2n) is 6.65. The molecule has 0 amide bonds. The molecule has 26 heavy (non-hydrogen) atoms. The summed E-state index contributed by atoms with van der Waals surface area (Å²) in [7, 11) is 0. The van der Waals surface area contributed by atoms with Crippen molar-refractivity contribution in [3.63, 3.8) is 0 Å². The van der Waals surface area contributed by atoms with E-state index in [2.05, 4.69) is 6.08 Å². The molecule has 5 heteroatoms. The van der Waals surface area contributed by atoms with E-state index in [4.69, 9.17) is 21.7 Å². The number of halogens is 3. The van der Waals surface area contributed by atoms with E-state index in [1.807, 2.05) is 19.9 Å². The maximum atomic E-state index is 14.7. The lowest BCUT2D eigenvalue weighted by Crippen LogP contribution is -2.31. The van der Waals surface area contributed by atoms with Crippen molar-refractivity contribution >= 4 is 17.3 Å². The summed E-state index contributed by atoms with van der Waals surface area (Å²) in [4.78, 5) is 0. The van der Waals surface area contributed by atoms with Crippen molar-refractivity contribution in [1.29, 1.82) is 5.41 Å². The highest BCUT2D eigenvalue weighted by molar-refractivity contribution is 6.30. The Balaban J connectivity index is 2.35.